The first kappa shape index (κ1) is 26.1. The van der Waals surface area contributed by atoms with Crippen molar-refractivity contribution in [3.63, 3.8) is 0 Å². The van der Waals surface area contributed by atoms with Crippen molar-refractivity contribution in [3.05, 3.63) is 106 Å². The molecule has 0 spiro atoms. The molecule has 1 atom stereocenters. The fraction of sp³-hybridized carbons (Fsp3) is 0.333. The first-order valence-electron chi connectivity index (χ1n) is 12.0. The highest BCUT2D eigenvalue weighted by Crippen LogP contribution is 2.20. The minimum atomic E-state index is -0.797. The van der Waals surface area contributed by atoms with Crippen molar-refractivity contribution >= 4 is 11.8 Å². The van der Waals surface area contributed by atoms with Crippen LogP contribution in [0.3, 0.4) is 0 Å². The topological polar surface area (TPSA) is 49.4 Å². The summed E-state index contributed by atoms with van der Waals surface area (Å²) in [7, 11) is 0. The van der Waals surface area contributed by atoms with Gasteiger partial charge in [-0.05, 0) is 51.8 Å². The number of hydrogen-bond acceptors (Lipinski definition) is 2. The Hall–Kier alpha value is -3.47. The highest BCUT2D eigenvalue weighted by Gasteiger charge is 2.32. The van der Waals surface area contributed by atoms with Crippen molar-refractivity contribution in [1.29, 1.82) is 0 Å². The van der Waals surface area contributed by atoms with Gasteiger partial charge < -0.3 is 10.2 Å². The summed E-state index contributed by atoms with van der Waals surface area (Å²) in [5.74, 6) is -0.874. The van der Waals surface area contributed by atoms with Gasteiger partial charge in [0.25, 0.3) is 0 Å². The summed E-state index contributed by atoms with van der Waals surface area (Å²) >= 11 is 0. The number of carbonyl (C=O) groups is 2. The van der Waals surface area contributed by atoms with Crippen LogP contribution in [-0.2, 0) is 29.0 Å². The van der Waals surface area contributed by atoms with Crippen LogP contribution < -0.4 is 5.32 Å². The number of benzene rings is 3. The molecule has 4 nitrogen and oxygen atoms in total. The predicted molar refractivity (Wildman–Crippen MR) is 138 cm³/mol. The summed E-state index contributed by atoms with van der Waals surface area (Å²) in [4.78, 5) is 28.9. The summed E-state index contributed by atoms with van der Waals surface area (Å²) in [5, 5.41) is 3.03. The number of rotatable bonds is 8. The van der Waals surface area contributed by atoms with E-state index in [-0.39, 0.29) is 24.8 Å². The Labute approximate surface area is 208 Å². The molecular weight excluding hydrogens is 439 g/mol. The number of nitrogens with zero attached hydrogens (tertiary/aromatic N) is 1. The third-order valence-corrected chi connectivity index (χ3v) is 5.70. The monoisotopic (exact) mass is 474 g/mol. The second-order valence-electron chi connectivity index (χ2n) is 10.2. The van der Waals surface area contributed by atoms with Crippen molar-refractivity contribution in [1.82, 2.24) is 10.2 Å². The van der Waals surface area contributed by atoms with E-state index in [0.717, 1.165) is 22.3 Å². The fourth-order valence-electron chi connectivity index (χ4n) is 4.26. The first-order valence-corrected chi connectivity index (χ1v) is 12.0. The lowest BCUT2D eigenvalue weighted by Gasteiger charge is -2.34. The molecular formula is C30H35FN2O2. The molecule has 3 aromatic rings. The molecule has 0 aliphatic rings. The van der Waals surface area contributed by atoms with Crippen LogP contribution >= 0.6 is 0 Å². The van der Waals surface area contributed by atoms with Gasteiger partial charge in [-0.2, -0.15) is 0 Å². The van der Waals surface area contributed by atoms with Crippen LogP contribution in [0.25, 0.3) is 0 Å². The molecule has 0 radical (unpaired) electrons. The van der Waals surface area contributed by atoms with Crippen molar-refractivity contribution in [2.45, 2.75) is 65.6 Å². The molecule has 35 heavy (non-hydrogen) atoms. The molecule has 3 rings (SSSR count). The molecule has 0 bridgehead atoms. The average Bonchev–Trinajstić information content (AvgIpc) is 2.76. The number of halogens is 1. The predicted octanol–water partition coefficient (Wildman–Crippen LogP) is 5.54. The van der Waals surface area contributed by atoms with Crippen molar-refractivity contribution < 1.29 is 14.0 Å². The number of hydrogen-bond donors (Lipinski definition) is 1. The number of nitrogens with one attached hydrogen (secondary N) is 1. The Balaban J connectivity index is 2.02. The molecule has 0 fully saturated rings. The van der Waals surface area contributed by atoms with Gasteiger partial charge in [-0.15, -0.1) is 0 Å². The maximum absolute atomic E-state index is 14.7. The number of amides is 2. The molecule has 0 aliphatic heterocycles. The van der Waals surface area contributed by atoms with Crippen LogP contribution in [-0.4, -0.2) is 28.3 Å². The zero-order valence-electron chi connectivity index (χ0n) is 21.3. The lowest BCUT2D eigenvalue weighted by atomic mass is 9.99. The number of aryl methyl sites for hydroxylation is 2. The Kier molecular flexibility index (Phi) is 8.44. The van der Waals surface area contributed by atoms with Gasteiger partial charge in [-0.3, -0.25) is 9.59 Å². The Bertz CT molecular complexity index is 1150. The summed E-state index contributed by atoms with van der Waals surface area (Å²) in [6.45, 7) is 9.71. The smallest absolute Gasteiger partial charge is 0.243 e. The second-order valence-corrected chi connectivity index (χ2v) is 10.2. The first-order chi connectivity index (χ1) is 16.5. The molecule has 5 heteroatoms. The van der Waals surface area contributed by atoms with E-state index < -0.39 is 17.4 Å². The standard InChI is InChI=1S/C30H35FN2O2/c1-21-15-22(2)17-24(16-21)19-28(34)33(20-25-13-9-10-14-26(25)31)27(29(35)32-30(3,4)5)18-23-11-7-6-8-12-23/h6-17,27H,18-20H2,1-5H3,(H,32,35)/t27-/m0/s1. The average molecular weight is 475 g/mol. The maximum atomic E-state index is 14.7. The molecule has 0 saturated carbocycles. The summed E-state index contributed by atoms with van der Waals surface area (Å²) < 4.78 is 14.7. The van der Waals surface area contributed by atoms with Gasteiger partial charge in [-0.1, -0.05) is 77.9 Å². The van der Waals surface area contributed by atoms with Gasteiger partial charge >= 0.3 is 0 Å². The van der Waals surface area contributed by atoms with Gasteiger partial charge in [0.1, 0.15) is 11.9 Å². The van der Waals surface area contributed by atoms with Crippen LogP contribution in [0.1, 0.15) is 48.6 Å². The van der Waals surface area contributed by atoms with Gasteiger partial charge in [0.05, 0.1) is 6.42 Å². The SMILES string of the molecule is Cc1cc(C)cc(CC(=O)N(Cc2ccccc2F)[C@@H](Cc2ccccc2)C(=O)NC(C)(C)C)c1. The normalized spacial score (nSPS) is 12.2. The molecule has 1 N–H and O–H groups in total. The van der Waals surface area contributed by atoms with Crippen molar-refractivity contribution in [3.8, 4) is 0 Å². The molecule has 184 valence electrons. The van der Waals surface area contributed by atoms with E-state index in [1.165, 1.54) is 11.0 Å². The Morgan fingerprint density at radius 1 is 0.886 bits per heavy atom. The zero-order chi connectivity index (χ0) is 25.6. The second kappa shape index (κ2) is 11.3. The summed E-state index contributed by atoms with van der Waals surface area (Å²) in [6.07, 6.45) is 0.459. The minimum Gasteiger partial charge on any atom is -0.350 e. The molecule has 2 amide bonds. The lowest BCUT2D eigenvalue weighted by molar-refractivity contribution is -0.141. The van der Waals surface area contributed by atoms with Crippen LogP contribution in [0.4, 0.5) is 4.39 Å². The van der Waals surface area contributed by atoms with Gasteiger partial charge in [0.2, 0.25) is 11.8 Å². The molecule has 0 aliphatic carbocycles. The quantitative estimate of drug-likeness (QED) is 0.466. The molecule has 0 heterocycles. The third kappa shape index (κ3) is 7.78. The van der Waals surface area contributed by atoms with E-state index >= 15 is 0 Å². The number of carbonyl (C=O) groups excluding carboxylic acids is 2. The van der Waals surface area contributed by atoms with Crippen LogP contribution in [0, 0.1) is 19.7 Å². The largest absolute Gasteiger partial charge is 0.350 e. The molecule has 0 aromatic heterocycles. The third-order valence-electron chi connectivity index (χ3n) is 5.70. The van der Waals surface area contributed by atoms with Crippen LogP contribution in [0.2, 0.25) is 0 Å². The van der Waals surface area contributed by atoms with Crippen molar-refractivity contribution in [2.75, 3.05) is 0 Å². The van der Waals surface area contributed by atoms with E-state index in [1.807, 2.05) is 77.1 Å². The van der Waals surface area contributed by atoms with Crippen molar-refractivity contribution in [2.24, 2.45) is 0 Å². The maximum Gasteiger partial charge on any atom is 0.243 e. The van der Waals surface area contributed by atoms with Gasteiger partial charge in [-0.25, -0.2) is 4.39 Å². The zero-order valence-corrected chi connectivity index (χ0v) is 21.3. The van der Waals surface area contributed by atoms with Crippen LogP contribution in [0.5, 0.6) is 0 Å². The highest BCUT2D eigenvalue weighted by atomic mass is 19.1. The molecule has 0 unspecified atom stereocenters. The van der Waals surface area contributed by atoms with Gasteiger partial charge in [0, 0.05) is 24.1 Å². The minimum absolute atomic E-state index is 0.00533. The highest BCUT2D eigenvalue weighted by molar-refractivity contribution is 5.89. The van der Waals surface area contributed by atoms with E-state index in [4.69, 9.17) is 0 Å². The van der Waals surface area contributed by atoms with E-state index in [2.05, 4.69) is 11.4 Å². The van der Waals surface area contributed by atoms with E-state index in [1.54, 1.807) is 18.2 Å². The molecule has 0 saturated heterocycles. The Morgan fingerprint density at radius 2 is 1.49 bits per heavy atom. The fourth-order valence-corrected chi connectivity index (χ4v) is 4.26. The van der Waals surface area contributed by atoms with Crippen LogP contribution in [0.15, 0.2) is 72.8 Å². The van der Waals surface area contributed by atoms with E-state index in [0.29, 0.717) is 12.0 Å². The summed E-state index contributed by atoms with van der Waals surface area (Å²) in [5.41, 5.74) is 3.84. The molecule has 3 aromatic carbocycles. The lowest BCUT2D eigenvalue weighted by Crippen LogP contribution is -2.54. The summed E-state index contributed by atoms with van der Waals surface area (Å²) in [6, 6.07) is 21.2. The van der Waals surface area contributed by atoms with E-state index in [9.17, 15) is 14.0 Å². The Morgan fingerprint density at radius 3 is 2.09 bits per heavy atom. The van der Waals surface area contributed by atoms with Gasteiger partial charge in [0.15, 0.2) is 0 Å².